The molecule has 0 radical (unpaired) electrons. The molecule has 2 rings (SSSR count). The van der Waals surface area contributed by atoms with Gasteiger partial charge < -0.3 is 16.3 Å². The Balaban J connectivity index is 2.21. The number of rotatable bonds is 4. The predicted octanol–water partition coefficient (Wildman–Crippen LogP) is 2.84. The van der Waals surface area contributed by atoms with E-state index < -0.39 is 0 Å². The number of nitrogens with one attached hydrogen (secondary N) is 1. The Hall–Kier alpha value is -2.56. The second kappa shape index (κ2) is 6.06. The van der Waals surface area contributed by atoms with Crippen LogP contribution < -0.4 is 11.1 Å². The van der Waals surface area contributed by atoms with Crippen molar-refractivity contribution in [3.8, 4) is 0 Å². The molecule has 2 aromatic rings. The van der Waals surface area contributed by atoms with Gasteiger partial charge in [-0.15, -0.1) is 0 Å². The number of aryl methyl sites for hydroxylation is 1. The molecule has 0 aliphatic heterocycles. The first-order valence-corrected chi connectivity index (χ1v) is 6.17. The van der Waals surface area contributed by atoms with Crippen LogP contribution in [0, 0.1) is 12.7 Å². The maximum atomic E-state index is 13.2. The molecule has 0 aliphatic rings. The molecule has 2 aromatic carbocycles. The first-order valence-electron chi connectivity index (χ1n) is 6.17. The van der Waals surface area contributed by atoms with Crippen molar-refractivity contribution in [3.05, 3.63) is 65.0 Å². The fraction of sp³-hybridized carbons (Fsp3) is 0.133. The van der Waals surface area contributed by atoms with Crippen molar-refractivity contribution < 1.29 is 9.60 Å². The van der Waals surface area contributed by atoms with Crippen molar-refractivity contribution in [2.75, 3.05) is 5.32 Å². The Bertz CT molecular complexity index is 641. The van der Waals surface area contributed by atoms with Crippen LogP contribution in [0.5, 0.6) is 0 Å². The molecule has 0 aromatic heterocycles. The molecule has 5 heteroatoms. The van der Waals surface area contributed by atoms with Crippen LogP contribution in [0.4, 0.5) is 10.1 Å². The standard InChI is InChI=1S/C15H16FN3O/c1-10-6-7-12(16)8-14(10)18-9-11-4-2-3-5-13(11)15(17)19-20/h2-8,18,20H,9H2,1H3,(H2,17,19). The number of hydrogen-bond acceptors (Lipinski definition) is 3. The summed E-state index contributed by atoms with van der Waals surface area (Å²) in [4.78, 5) is 0. The Morgan fingerprint density at radius 2 is 2.05 bits per heavy atom. The van der Waals surface area contributed by atoms with Gasteiger partial charge in [0.25, 0.3) is 0 Å². The van der Waals surface area contributed by atoms with Crippen molar-refractivity contribution >= 4 is 11.5 Å². The monoisotopic (exact) mass is 273 g/mol. The Labute approximate surface area is 116 Å². The number of hydrogen-bond donors (Lipinski definition) is 3. The molecule has 0 fully saturated rings. The van der Waals surface area contributed by atoms with Crippen LogP contribution in [0.25, 0.3) is 0 Å². The average Bonchev–Trinajstić information content (AvgIpc) is 2.47. The lowest BCUT2D eigenvalue weighted by atomic mass is 10.1. The first kappa shape index (κ1) is 13.9. The van der Waals surface area contributed by atoms with Gasteiger partial charge >= 0.3 is 0 Å². The third-order valence-electron chi connectivity index (χ3n) is 3.07. The highest BCUT2D eigenvalue weighted by Gasteiger charge is 2.07. The van der Waals surface area contributed by atoms with Gasteiger partial charge in [-0.05, 0) is 30.2 Å². The first-order chi connectivity index (χ1) is 9.61. The number of anilines is 1. The van der Waals surface area contributed by atoms with Gasteiger partial charge in [0.2, 0.25) is 0 Å². The van der Waals surface area contributed by atoms with E-state index >= 15 is 0 Å². The lowest BCUT2D eigenvalue weighted by Gasteiger charge is -2.12. The number of benzene rings is 2. The van der Waals surface area contributed by atoms with Crippen molar-refractivity contribution in [3.63, 3.8) is 0 Å². The SMILES string of the molecule is Cc1ccc(F)cc1NCc1ccccc1C(N)=NO. The molecule has 4 N–H and O–H groups in total. The van der Waals surface area contributed by atoms with Gasteiger partial charge in [-0.25, -0.2) is 4.39 Å². The van der Waals surface area contributed by atoms with Gasteiger partial charge in [0.1, 0.15) is 5.82 Å². The largest absolute Gasteiger partial charge is 0.409 e. The summed E-state index contributed by atoms with van der Waals surface area (Å²) in [5.41, 5.74) is 8.82. The number of halogens is 1. The van der Waals surface area contributed by atoms with E-state index in [2.05, 4.69) is 10.5 Å². The maximum Gasteiger partial charge on any atom is 0.170 e. The fourth-order valence-corrected chi connectivity index (χ4v) is 1.95. The maximum absolute atomic E-state index is 13.2. The molecule has 104 valence electrons. The minimum absolute atomic E-state index is 0.0540. The molecule has 20 heavy (non-hydrogen) atoms. The molecular weight excluding hydrogens is 257 g/mol. The topological polar surface area (TPSA) is 70.6 Å². The molecule has 0 aliphatic carbocycles. The van der Waals surface area contributed by atoms with Gasteiger partial charge in [-0.2, -0.15) is 0 Å². The Kier molecular flexibility index (Phi) is 4.20. The van der Waals surface area contributed by atoms with E-state index in [1.807, 2.05) is 25.1 Å². The van der Waals surface area contributed by atoms with Gasteiger partial charge in [0.05, 0.1) is 0 Å². The zero-order valence-electron chi connectivity index (χ0n) is 11.1. The third-order valence-corrected chi connectivity index (χ3v) is 3.07. The normalized spacial score (nSPS) is 11.4. The minimum atomic E-state index is -0.289. The molecule has 0 amide bonds. The highest BCUT2D eigenvalue weighted by molar-refractivity contribution is 5.98. The summed E-state index contributed by atoms with van der Waals surface area (Å²) in [7, 11) is 0. The number of oxime groups is 1. The van der Waals surface area contributed by atoms with E-state index in [0.29, 0.717) is 12.1 Å². The van der Waals surface area contributed by atoms with Gasteiger partial charge in [0.15, 0.2) is 5.84 Å². The summed E-state index contributed by atoms with van der Waals surface area (Å²) in [6, 6.07) is 11.9. The zero-order chi connectivity index (χ0) is 14.5. The van der Waals surface area contributed by atoms with Crippen LogP contribution in [0.2, 0.25) is 0 Å². The average molecular weight is 273 g/mol. The highest BCUT2D eigenvalue weighted by Crippen LogP contribution is 2.18. The van der Waals surface area contributed by atoms with E-state index in [-0.39, 0.29) is 11.7 Å². The second-order valence-corrected chi connectivity index (χ2v) is 4.46. The second-order valence-electron chi connectivity index (χ2n) is 4.46. The van der Waals surface area contributed by atoms with Crippen LogP contribution in [0.15, 0.2) is 47.6 Å². The summed E-state index contributed by atoms with van der Waals surface area (Å²) in [5, 5.41) is 14.9. The molecule has 0 heterocycles. The minimum Gasteiger partial charge on any atom is -0.409 e. The molecule has 0 saturated carbocycles. The number of nitrogens with two attached hydrogens (primary N) is 1. The summed E-state index contributed by atoms with van der Waals surface area (Å²) < 4.78 is 13.2. The van der Waals surface area contributed by atoms with Gasteiger partial charge in [-0.3, -0.25) is 0 Å². The summed E-state index contributed by atoms with van der Waals surface area (Å²) in [6.07, 6.45) is 0. The number of nitrogens with zero attached hydrogens (tertiary/aromatic N) is 1. The lowest BCUT2D eigenvalue weighted by Crippen LogP contribution is -2.16. The molecule has 0 spiro atoms. The van der Waals surface area contributed by atoms with E-state index in [1.165, 1.54) is 12.1 Å². The van der Waals surface area contributed by atoms with Crippen LogP contribution >= 0.6 is 0 Å². The van der Waals surface area contributed by atoms with Crippen molar-refractivity contribution in [1.29, 1.82) is 0 Å². The van der Waals surface area contributed by atoms with Crippen molar-refractivity contribution in [2.45, 2.75) is 13.5 Å². The molecule has 0 unspecified atom stereocenters. The molecular formula is C15H16FN3O. The Morgan fingerprint density at radius 1 is 1.30 bits per heavy atom. The molecule has 4 nitrogen and oxygen atoms in total. The molecule has 0 saturated heterocycles. The quantitative estimate of drug-likeness (QED) is 0.347. The molecule has 0 atom stereocenters. The summed E-state index contributed by atoms with van der Waals surface area (Å²) in [6.45, 7) is 2.36. The van der Waals surface area contributed by atoms with Crippen molar-refractivity contribution in [2.24, 2.45) is 10.9 Å². The van der Waals surface area contributed by atoms with E-state index in [1.54, 1.807) is 12.1 Å². The summed E-state index contributed by atoms with van der Waals surface area (Å²) >= 11 is 0. The van der Waals surface area contributed by atoms with Gasteiger partial charge in [-0.1, -0.05) is 35.5 Å². The molecule has 0 bridgehead atoms. The number of amidine groups is 1. The zero-order valence-corrected chi connectivity index (χ0v) is 11.1. The smallest absolute Gasteiger partial charge is 0.170 e. The highest BCUT2D eigenvalue weighted by atomic mass is 19.1. The van der Waals surface area contributed by atoms with E-state index in [0.717, 1.165) is 16.8 Å². The fourth-order valence-electron chi connectivity index (χ4n) is 1.95. The van der Waals surface area contributed by atoms with Crippen LogP contribution in [0.1, 0.15) is 16.7 Å². The van der Waals surface area contributed by atoms with Crippen LogP contribution in [0.3, 0.4) is 0 Å². The summed E-state index contributed by atoms with van der Waals surface area (Å²) in [5.74, 6) is -0.235. The third kappa shape index (κ3) is 3.06. The van der Waals surface area contributed by atoms with E-state index in [4.69, 9.17) is 10.9 Å². The lowest BCUT2D eigenvalue weighted by molar-refractivity contribution is 0.318. The van der Waals surface area contributed by atoms with Gasteiger partial charge in [0, 0.05) is 17.8 Å². The van der Waals surface area contributed by atoms with Crippen LogP contribution in [-0.4, -0.2) is 11.0 Å². The van der Waals surface area contributed by atoms with Crippen LogP contribution in [-0.2, 0) is 6.54 Å². The van der Waals surface area contributed by atoms with Crippen molar-refractivity contribution in [1.82, 2.24) is 0 Å². The van der Waals surface area contributed by atoms with E-state index in [9.17, 15) is 4.39 Å². The Morgan fingerprint density at radius 3 is 2.80 bits per heavy atom. The predicted molar refractivity (Wildman–Crippen MR) is 77.4 cm³/mol.